The summed E-state index contributed by atoms with van der Waals surface area (Å²) in [6.07, 6.45) is 6.35. The highest BCUT2D eigenvalue weighted by atomic mass is 16.2. The summed E-state index contributed by atoms with van der Waals surface area (Å²) in [4.78, 5) is 16.6. The minimum Gasteiger partial charge on any atom is -0.367 e. The highest BCUT2D eigenvalue weighted by Gasteiger charge is 2.20. The van der Waals surface area contributed by atoms with Crippen molar-refractivity contribution in [2.45, 2.75) is 25.3 Å². The van der Waals surface area contributed by atoms with Crippen molar-refractivity contribution in [2.24, 2.45) is 5.73 Å². The van der Waals surface area contributed by atoms with E-state index in [0.29, 0.717) is 6.42 Å². The third-order valence-corrected chi connectivity index (χ3v) is 2.90. The number of nitrogens with zero attached hydrogens (tertiary/aromatic N) is 1. The summed E-state index contributed by atoms with van der Waals surface area (Å²) >= 11 is 0. The first-order valence-corrected chi connectivity index (χ1v) is 5.43. The fourth-order valence-electron chi connectivity index (χ4n) is 1.97. The summed E-state index contributed by atoms with van der Waals surface area (Å²) in [7, 11) is 0. The lowest BCUT2D eigenvalue weighted by Crippen LogP contribution is -2.30. The van der Waals surface area contributed by atoms with E-state index in [0.717, 1.165) is 31.5 Å². The van der Waals surface area contributed by atoms with Crippen LogP contribution < -0.4 is 5.73 Å². The molecule has 0 bridgehead atoms. The van der Waals surface area contributed by atoms with Crippen molar-refractivity contribution in [3.05, 3.63) is 24.0 Å². The molecule has 1 fully saturated rings. The molecule has 0 aromatic carbocycles. The smallest absolute Gasteiger partial charge is 0.224 e. The number of amides is 1. The summed E-state index contributed by atoms with van der Waals surface area (Å²) in [6.45, 7) is 1.80. The van der Waals surface area contributed by atoms with Crippen LogP contribution in [0.3, 0.4) is 0 Å². The SMILES string of the molecule is NC(CC(=O)N1CCCC1)c1cc[nH]c1. The zero-order valence-corrected chi connectivity index (χ0v) is 8.78. The Labute approximate surface area is 89.5 Å². The lowest BCUT2D eigenvalue weighted by atomic mass is 10.1. The quantitative estimate of drug-likeness (QED) is 0.777. The Morgan fingerprint density at radius 3 is 2.87 bits per heavy atom. The molecule has 1 aromatic rings. The lowest BCUT2D eigenvalue weighted by molar-refractivity contribution is -0.130. The van der Waals surface area contributed by atoms with Crippen molar-refractivity contribution >= 4 is 5.91 Å². The molecule has 0 saturated carbocycles. The number of nitrogens with two attached hydrogens (primary N) is 1. The van der Waals surface area contributed by atoms with Crippen LogP contribution in [0.1, 0.15) is 30.9 Å². The fraction of sp³-hybridized carbons (Fsp3) is 0.545. The third kappa shape index (κ3) is 2.39. The molecule has 1 atom stereocenters. The van der Waals surface area contributed by atoms with Crippen LogP contribution in [0.5, 0.6) is 0 Å². The number of rotatable bonds is 3. The normalized spacial score (nSPS) is 18.1. The van der Waals surface area contributed by atoms with Crippen LogP contribution in [-0.2, 0) is 4.79 Å². The van der Waals surface area contributed by atoms with Crippen LogP contribution in [0.4, 0.5) is 0 Å². The second-order valence-electron chi connectivity index (χ2n) is 4.04. The molecule has 1 aliphatic rings. The van der Waals surface area contributed by atoms with Gasteiger partial charge in [0.1, 0.15) is 0 Å². The first kappa shape index (κ1) is 10.2. The van der Waals surface area contributed by atoms with Crippen LogP contribution in [-0.4, -0.2) is 28.9 Å². The Hall–Kier alpha value is -1.29. The van der Waals surface area contributed by atoms with E-state index in [1.807, 2.05) is 23.4 Å². The highest BCUT2D eigenvalue weighted by Crippen LogP contribution is 2.16. The molecular formula is C11H17N3O. The second kappa shape index (κ2) is 4.49. The van der Waals surface area contributed by atoms with Gasteiger partial charge in [-0.15, -0.1) is 0 Å². The molecule has 1 unspecified atom stereocenters. The third-order valence-electron chi connectivity index (χ3n) is 2.90. The van der Waals surface area contributed by atoms with Crippen molar-refractivity contribution in [3.8, 4) is 0 Å². The predicted molar refractivity (Wildman–Crippen MR) is 58.2 cm³/mol. The predicted octanol–water partition coefficient (Wildman–Crippen LogP) is 1.03. The van der Waals surface area contributed by atoms with Crippen molar-refractivity contribution in [1.82, 2.24) is 9.88 Å². The van der Waals surface area contributed by atoms with E-state index >= 15 is 0 Å². The zero-order valence-electron chi connectivity index (χ0n) is 8.78. The van der Waals surface area contributed by atoms with E-state index in [1.165, 1.54) is 0 Å². The van der Waals surface area contributed by atoms with Gasteiger partial charge in [-0.25, -0.2) is 0 Å². The van der Waals surface area contributed by atoms with Crippen molar-refractivity contribution in [1.29, 1.82) is 0 Å². The Morgan fingerprint density at radius 1 is 1.53 bits per heavy atom. The first-order valence-electron chi connectivity index (χ1n) is 5.43. The monoisotopic (exact) mass is 207 g/mol. The Kier molecular flexibility index (Phi) is 3.06. The van der Waals surface area contributed by atoms with Crippen molar-refractivity contribution < 1.29 is 4.79 Å². The minimum atomic E-state index is -0.177. The largest absolute Gasteiger partial charge is 0.367 e. The number of carbonyl (C=O) groups is 1. The maximum atomic E-state index is 11.8. The molecule has 1 aliphatic heterocycles. The molecule has 15 heavy (non-hydrogen) atoms. The number of H-pyrrole nitrogens is 1. The summed E-state index contributed by atoms with van der Waals surface area (Å²) in [5.41, 5.74) is 6.94. The Bertz CT molecular complexity index is 315. The molecule has 1 saturated heterocycles. The molecule has 4 nitrogen and oxygen atoms in total. The number of hydrogen-bond donors (Lipinski definition) is 2. The molecule has 4 heteroatoms. The summed E-state index contributed by atoms with van der Waals surface area (Å²) in [5, 5.41) is 0. The van der Waals surface area contributed by atoms with E-state index in [9.17, 15) is 4.79 Å². The van der Waals surface area contributed by atoms with E-state index < -0.39 is 0 Å². The zero-order chi connectivity index (χ0) is 10.7. The van der Waals surface area contributed by atoms with Crippen LogP contribution in [0, 0.1) is 0 Å². The van der Waals surface area contributed by atoms with Gasteiger partial charge < -0.3 is 15.6 Å². The number of nitrogens with one attached hydrogen (secondary N) is 1. The molecule has 2 rings (SSSR count). The van der Waals surface area contributed by atoms with Gasteiger partial charge >= 0.3 is 0 Å². The average molecular weight is 207 g/mol. The number of carbonyl (C=O) groups excluding carboxylic acids is 1. The summed E-state index contributed by atoms with van der Waals surface area (Å²) < 4.78 is 0. The van der Waals surface area contributed by atoms with Gasteiger partial charge in [-0.3, -0.25) is 4.79 Å². The number of hydrogen-bond acceptors (Lipinski definition) is 2. The van der Waals surface area contributed by atoms with Gasteiger partial charge in [-0.05, 0) is 24.5 Å². The molecular weight excluding hydrogens is 190 g/mol. The number of likely N-dealkylation sites (tertiary alicyclic amines) is 1. The van der Waals surface area contributed by atoms with Gasteiger partial charge in [0, 0.05) is 37.9 Å². The minimum absolute atomic E-state index is 0.177. The second-order valence-corrected chi connectivity index (χ2v) is 4.04. The van der Waals surface area contributed by atoms with Gasteiger partial charge in [-0.2, -0.15) is 0 Å². The van der Waals surface area contributed by atoms with Crippen LogP contribution in [0.2, 0.25) is 0 Å². The van der Waals surface area contributed by atoms with Crippen LogP contribution >= 0.6 is 0 Å². The average Bonchev–Trinajstić information content (AvgIpc) is 2.91. The molecule has 1 amide bonds. The molecule has 82 valence electrons. The summed E-state index contributed by atoms with van der Waals surface area (Å²) in [5.74, 6) is 0.182. The molecule has 0 spiro atoms. The fourth-order valence-corrected chi connectivity index (χ4v) is 1.97. The number of aromatic amines is 1. The van der Waals surface area contributed by atoms with E-state index in [2.05, 4.69) is 4.98 Å². The standard InChI is InChI=1S/C11H17N3O/c12-10(9-3-4-13-8-9)7-11(15)14-5-1-2-6-14/h3-4,8,10,13H,1-2,5-7,12H2. The highest BCUT2D eigenvalue weighted by molar-refractivity contribution is 5.77. The van der Waals surface area contributed by atoms with Gasteiger partial charge in [0.25, 0.3) is 0 Å². The van der Waals surface area contributed by atoms with Crippen molar-refractivity contribution in [2.75, 3.05) is 13.1 Å². The van der Waals surface area contributed by atoms with Gasteiger partial charge in [0.15, 0.2) is 0 Å². The van der Waals surface area contributed by atoms with Crippen molar-refractivity contribution in [3.63, 3.8) is 0 Å². The van der Waals surface area contributed by atoms with E-state index in [4.69, 9.17) is 5.73 Å². The lowest BCUT2D eigenvalue weighted by Gasteiger charge is -2.17. The van der Waals surface area contributed by atoms with E-state index in [1.54, 1.807) is 0 Å². The van der Waals surface area contributed by atoms with Gasteiger partial charge in [0.2, 0.25) is 5.91 Å². The summed E-state index contributed by atoms with van der Waals surface area (Å²) in [6, 6.07) is 1.74. The maximum Gasteiger partial charge on any atom is 0.224 e. The molecule has 0 aliphatic carbocycles. The van der Waals surface area contributed by atoms with Crippen LogP contribution in [0.15, 0.2) is 18.5 Å². The van der Waals surface area contributed by atoms with Crippen LogP contribution in [0.25, 0.3) is 0 Å². The molecule has 3 N–H and O–H groups in total. The Morgan fingerprint density at radius 2 is 2.27 bits per heavy atom. The molecule has 2 heterocycles. The van der Waals surface area contributed by atoms with Gasteiger partial charge in [-0.1, -0.05) is 0 Å². The number of aromatic nitrogens is 1. The Balaban J connectivity index is 1.88. The first-order chi connectivity index (χ1) is 7.27. The molecule has 0 radical (unpaired) electrons. The molecule has 1 aromatic heterocycles. The van der Waals surface area contributed by atoms with E-state index in [-0.39, 0.29) is 11.9 Å². The van der Waals surface area contributed by atoms with Gasteiger partial charge in [0.05, 0.1) is 0 Å². The topological polar surface area (TPSA) is 62.1 Å². The maximum absolute atomic E-state index is 11.8.